The molecule has 0 aliphatic heterocycles. The molecule has 4 unspecified atom stereocenters. The highest BCUT2D eigenvalue weighted by Gasteiger charge is 2.52. The maximum atomic E-state index is 5.73. The molecule has 0 saturated heterocycles. The lowest BCUT2D eigenvalue weighted by molar-refractivity contribution is 0.281. The molecule has 0 aromatic rings. The second-order valence-corrected chi connectivity index (χ2v) is 6.62. The Hall–Kier alpha value is -0.770. The van der Waals surface area contributed by atoms with E-state index in [4.69, 9.17) is 6.57 Å². The van der Waals surface area contributed by atoms with E-state index in [-0.39, 0.29) is 5.54 Å². The van der Waals surface area contributed by atoms with E-state index in [0.29, 0.717) is 17.8 Å². The van der Waals surface area contributed by atoms with Crippen LogP contribution in [-0.2, 0) is 0 Å². The molecular formula is C16H26N+. The molecule has 0 spiro atoms. The first kappa shape index (κ1) is 12.7. The molecule has 0 N–H and O–H groups in total. The molecule has 0 bridgehead atoms. The van der Waals surface area contributed by atoms with Crippen LogP contribution in [0.25, 0.3) is 4.85 Å². The van der Waals surface area contributed by atoms with Crippen LogP contribution in [0.1, 0.15) is 53.4 Å². The molecule has 2 aliphatic carbocycles. The fraction of sp³-hybridized carbons (Fsp3) is 0.812. The molecule has 2 aliphatic rings. The van der Waals surface area contributed by atoms with Gasteiger partial charge in [-0.2, -0.15) is 0 Å². The third-order valence-electron chi connectivity index (χ3n) is 5.22. The molecule has 0 amide bonds. The summed E-state index contributed by atoms with van der Waals surface area (Å²) in [5.41, 5.74) is 1.63. The molecule has 1 nitrogen and oxygen atoms in total. The van der Waals surface area contributed by atoms with Gasteiger partial charge < -0.3 is 0 Å². The van der Waals surface area contributed by atoms with Crippen LogP contribution in [0.4, 0.5) is 0 Å². The minimum atomic E-state index is 0.00255. The summed E-state index contributed by atoms with van der Waals surface area (Å²) in [5, 5.41) is 0. The van der Waals surface area contributed by atoms with Crippen LogP contribution in [-0.4, -0.2) is 5.54 Å². The molecule has 0 radical (unpaired) electrons. The van der Waals surface area contributed by atoms with Crippen LogP contribution < -0.4 is 0 Å². The zero-order chi connectivity index (χ0) is 12.6. The molecule has 17 heavy (non-hydrogen) atoms. The Balaban J connectivity index is 2.35. The predicted molar refractivity (Wildman–Crippen MR) is 74.2 cm³/mol. The smallest absolute Gasteiger partial charge is 0.0811 e. The molecule has 2 rings (SSSR count). The van der Waals surface area contributed by atoms with Crippen LogP contribution >= 0.6 is 0 Å². The quantitative estimate of drug-likeness (QED) is 0.575. The first-order valence-corrected chi connectivity index (χ1v) is 7.10. The zero-order valence-corrected chi connectivity index (χ0v) is 11.7. The van der Waals surface area contributed by atoms with Crippen molar-refractivity contribution in [2.45, 2.75) is 58.9 Å². The maximum absolute atomic E-state index is 5.73. The third-order valence-corrected chi connectivity index (χ3v) is 5.22. The molecule has 0 aromatic carbocycles. The van der Waals surface area contributed by atoms with Crippen molar-refractivity contribution >= 4 is 0 Å². The van der Waals surface area contributed by atoms with Crippen molar-refractivity contribution in [1.82, 2.24) is 0 Å². The lowest BCUT2D eigenvalue weighted by Crippen LogP contribution is -2.33. The first-order chi connectivity index (χ1) is 7.98. The zero-order valence-electron chi connectivity index (χ0n) is 11.7. The van der Waals surface area contributed by atoms with Gasteiger partial charge in [-0.05, 0) is 37.0 Å². The van der Waals surface area contributed by atoms with Crippen LogP contribution in [0.15, 0.2) is 11.6 Å². The Morgan fingerprint density at radius 2 is 2.12 bits per heavy atom. The number of rotatable bonds is 1. The van der Waals surface area contributed by atoms with Crippen molar-refractivity contribution in [2.75, 3.05) is 0 Å². The van der Waals surface area contributed by atoms with Gasteiger partial charge in [-0.1, -0.05) is 37.3 Å². The normalized spacial score (nSPS) is 41.6. The summed E-state index contributed by atoms with van der Waals surface area (Å²) in [6.07, 6.45) is 7.51. The summed E-state index contributed by atoms with van der Waals surface area (Å²) in [6.45, 7) is 15.0. The SMILES string of the molecule is C#[N+]C1(C)CCC(C(C)C)=CC2C(C)CCC21. The number of nitrogens with zero attached hydrogens (tertiary/aromatic N) is 1. The van der Waals surface area contributed by atoms with E-state index in [0.717, 1.165) is 12.3 Å². The van der Waals surface area contributed by atoms with Crippen molar-refractivity contribution in [3.05, 3.63) is 16.5 Å². The van der Waals surface area contributed by atoms with Crippen LogP contribution in [0.5, 0.6) is 0 Å². The van der Waals surface area contributed by atoms with Gasteiger partial charge >= 0.3 is 0 Å². The summed E-state index contributed by atoms with van der Waals surface area (Å²) < 4.78 is 0. The van der Waals surface area contributed by atoms with Gasteiger partial charge in [-0.25, -0.2) is 0 Å². The van der Waals surface area contributed by atoms with Gasteiger partial charge in [0.2, 0.25) is 0 Å². The number of fused-ring (bicyclic) bond motifs is 1. The van der Waals surface area contributed by atoms with Crippen LogP contribution in [0.3, 0.4) is 0 Å². The molecule has 1 saturated carbocycles. The highest BCUT2D eigenvalue weighted by Crippen LogP contribution is 2.50. The minimum absolute atomic E-state index is 0.00255. The molecule has 94 valence electrons. The van der Waals surface area contributed by atoms with Gasteiger partial charge in [-0.15, -0.1) is 0 Å². The van der Waals surface area contributed by atoms with Gasteiger partial charge in [0.05, 0.1) is 0 Å². The molecule has 1 heteroatoms. The summed E-state index contributed by atoms with van der Waals surface area (Å²) in [6, 6.07) is 0. The Labute approximate surface area is 106 Å². The molecule has 0 aromatic heterocycles. The van der Waals surface area contributed by atoms with Gasteiger partial charge in [0, 0.05) is 19.3 Å². The number of hydrogen-bond acceptors (Lipinski definition) is 0. The van der Waals surface area contributed by atoms with E-state index in [1.807, 2.05) is 0 Å². The fourth-order valence-electron chi connectivity index (χ4n) is 3.78. The second-order valence-electron chi connectivity index (χ2n) is 6.62. The fourth-order valence-corrected chi connectivity index (χ4v) is 3.78. The molecule has 1 fully saturated rings. The van der Waals surface area contributed by atoms with Crippen LogP contribution in [0.2, 0.25) is 0 Å². The Morgan fingerprint density at radius 1 is 1.41 bits per heavy atom. The Morgan fingerprint density at radius 3 is 2.71 bits per heavy atom. The highest BCUT2D eigenvalue weighted by molar-refractivity contribution is 5.20. The van der Waals surface area contributed by atoms with Crippen molar-refractivity contribution < 1.29 is 0 Å². The molecule has 0 heterocycles. The van der Waals surface area contributed by atoms with E-state index in [9.17, 15) is 0 Å². The molecule has 4 atom stereocenters. The van der Waals surface area contributed by atoms with Crippen molar-refractivity contribution in [3.8, 4) is 6.57 Å². The van der Waals surface area contributed by atoms with E-state index in [1.165, 1.54) is 19.3 Å². The van der Waals surface area contributed by atoms with Gasteiger partial charge in [0.15, 0.2) is 0 Å². The van der Waals surface area contributed by atoms with Crippen molar-refractivity contribution in [3.63, 3.8) is 0 Å². The summed E-state index contributed by atoms with van der Waals surface area (Å²) >= 11 is 0. The second kappa shape index (κ2) is 4.48. The van der Waals surface area contributed by atoms with Crippen molar-refractivity contribution in [2.24, 2.45) is 23.7 Å². The number of hydrogen-bond donors (Lipinski definition) is 0. The van der Waals surface area contributed by atoms with Gasteiger partial charge in [0.1, 0.15) is 0 Å². The number of allylic oxidation sites excluding steroid dienone is 2. The largest absolute Gasteiger partial charge is 0.281 e. The lowest BCUT2D eigenvalue weighted by atomic mass is 9.77. The third kappa shape index (κ3) is 2.15. The van der Waals surface area contributed by atoms with E-state index in [2.05, 4.69) is 38.6 Å². The summed E-state index contributed by atoms with van der Waals surface area (Å²) in [4.78, 5) is 4.28. The monoisotopic (exact) mass is 232 g/mol. The van der Waals surface area contributed by atoms with E-state index < -0.39 is 0 Å². The van der Waals surface area contributed by atoms with E-state index in [1.54, 1.807) is 5.57 Å². The van der Waals surface area contributed by atoms with E-state index >= 15 is 0 Å². The highest BCUT2D eigenvalue weighted by atomic mass is 14.8. The lowest BCUT2D eigenvalue weighted by Gasteiger charge is -2.23. The Bertz CT molecular complexity index is 360. The minimum Gasteiger partial charge on any atom is -0.0811 e. The molecular weight excluding hydrogens is 206 g/mol. The van der Waals surface area contributed by atoms with Gasteiger partial charge in [0.25, 0.3) is 12.1 Å². The van der Waals surface area contributed by atoms with Gasteiger partial charge in [-0.3, -0.25) is 0 Å². The maximum Gasteiger partial charge on any atom is 0.281 e. The predicted octanol–water partition coefficient (Wildman–Crippen LogP) is 4.75. The van der Waals surface area contributed by atoms with Crippen LogP contribution in [0, 0.1) is 30.2 Å². The average molecular weight is 232 g/mol. The summed E-state index contributed by atoms with van der Waals surface area (Å²) in [5.74, 6) is 2.84. The standard InChI is InChI=1S/C16H26N/c1-11(2)13-8-9-16(4,17-5)15-7-6-12(3)14(15)10-13/h5,10-12,14-15H,6-9H2,1-4H3/q+1. The van der Waals surface area contributed by atoms with Crippen molar-refractivity contribution in [1.29, 1.82) is 0 Å². The first-order valence-electron chi connectivity index (χ1n) is 7.10. The average Bonchev–Trinajstić information content (AvgIpc) is 2.57. The summed E-state index contributed by atoms with van der Waals surface area (Å²) in [7, 11) is 0. The Kier molecular flexibility index (Phi) is 3.34. The topological polar surface area (TPSA) is 4.36 Å².